The van der Waals surface area contributed by atoms with E-state index in [0.717, 1.165) is 11.3 Å². The number of rotatable bonds is 3. The summed E-state index contributed by atoms with van der Waals surface area (Å²) in [4.78, 5) is 0. The Morgan fingerprint density at radius 1 is 0.773 bits per heavy atom. The molecule has 0 atom stereocenters. The first-order valence-electron chi connectivity index (χ1n) is 6.54. The topological polar surface area (TPSA) is 51.5 Å². The fourth-order valence-electron chi connectivity index (χ4n) is 1.93. The molecule has 2 aromatic carbocycles. The van der Waals surface area contributed by atoms with Crippen LogP contribution in [0.1, 0.15) is 16.7 Å². The van der Waals surface area contributed by atoms with Gasteiger partial charge in [0.15, 0.2) is 5.75 Å². The lowest BCUT2D eigenvalue weighted by Crippen LogP contribution is -1.94. The first kappa shape index (κ1) is 15.3. The van der Waals surface area contributed by atoms with E-state index in [2.05, 4.69) is 17.9 Å². The average Bonchev–Trinajstić information content (AvgIpc) is 2.59. The minimum atomic E-state index is 0.390. The Morgan fingerprint density at radius 3 is 1.95 bits per heavy atom. The first-order chi connectivity index (χ1) is 10.7. The number of ether oxygens (including phenoxy) is 3. The number of benzene rings is 2. The molecule has 0 amide bonds. The van der Waals surface area contributed by atoms with Crippen LogP contribution >= 0.6 is 0 Å². The van der Waals surface area contributed by atoms with Gasteiger partial charge >= 0.3 is 0 Å². The van der Waals surface area contributed by atoms with Crippen LogP contribution < -0.4 is 14.2 Å². The summed E-state index contributed by atoms with van der Waals surface area (Å²) in [5, 5.41) is 9.19. The van der Waals surface area contributed by atoms with Crippen LogP contribution in [0.3, 0.4) is 0 Å². The van der Waals surface area contributed by atoms with Gasteiger partial charge in [-0.05, 0) is 30.3 Å². The largest absolute Gasteiger partial charge is 0.497 e. The van der Waals surface area contributed by atoms with Crippen molar-refractivity contribution in [2.75, 3.05) is 21.3 Å². The molecule has 22 heavy (non-hydrogen) atoms. The zero-order valence-corrected chi connectivity index (χ0v) is 12.6. The van der Waals surface area contributed by atoms with E-state index in [1.54, 1.807) is 26.4 Å². The molecule has 0 heterocycles. The molecule has 2 aromatic rings. The number of nitriles is 1. The van der Waals surface area contributed by atoms with Crippen LogP contribution in [0.4, 0.5) is 0 Å². The molecule has 0 aromatic heterocycles. The van der Waals surface area contributed by atoms with Crippen LogP contribution in [0.25, 0.3) is 0 Å². The molecule has 0 unspecified atom stereocenters. The molecule has 0 bridgehead atoms. The summed E-state index contributed by atoms with van der Waals surface area (Å²) in [6.07, 6.45) is 0. The maximum atomic E-state index is 9.19. The van der Waals surface area contributed by atoms with Gasteiger partial charge in [-0.25, -0.2) is 0 Å². The number of hydrogen-bond donors (Lipinski definition) is 0. The SMILES string of the molecule is COc1ccc(C#Cc2cc(OC)cc(C#N)c2OC)cc1. The Balaban J connectivity index is 2.44. The Kier molecular flexibility index (Phi) is 4.90. The molecule has 0 aliphatic rings. The highest BCUT2D eigenvalue weighted by Crippen LogP contribution is 2.28. The van der Waals surface area contributed by atoms with Gasteiger partial charge in [0.2, 0.25) is 0 Å². The number of methoxy groups -OCH3 is 3. The number of nitrogens with zero attached hydrogens (tertiary/aromatic N) is 1. The molecule has 4 heteroatoms. The van der Waals surface area contributed by atoms with Crippen molar-refractivity contribution < 1.29 is 14.2 Å². The summed E-state index contributed by atoms with van der Waals surface area (Å²) in [5.41, 5.74) is 1.83. The standard InChI is InChI=1S/C18H15NO3/c1-20-16-8-5-13(6-9-16)4-7-14-10-17(21-2)11-15(12-19)18(14)22-3/h5-6,8-11H,1-3H3. The third kappa shape index (κ3) is 3.31. The fraction of sp³-hybridized carbons (Fsp3) is 0.167. The lowest BCUT2D eigenvalue weighted by Gasteiger charge is -2.08. The molecule has 2 rings (SSSR count). The minimum Gasteiger partial charge on any atom is -0.497 e. The molecule has 0 saturated heterocycles. The van der Waals surface area contributed by atoms with Crippen molar-refractivity contribution >= 4 is 0 Å². The van der Waals surface area contributed by atoms with Gasteiger partial charge in [0.25, 0.3) is 0 Å². The van der Waals surface area contributed by atoms with E-state index >= 15 is 0 Å². The highest BCUT2D eigenvalue weighted by atomic mass is 16.5. The highest BCUT2D eigenvalue weighted by molar-refractivity contribution is 5.60. The third-order valence-corrected chi connectivity index (χ3v) is 3.05. The molecular formula is C18H15NO3. The molecule has 0 radical (unpaired) electrons. The smallest absolute Gasteiger partial charge is 0.152 e. The van der Waals surface area contributed by atoms with Crippen LogP contribution in [-0.4, -0.2) is 21.3 Å². The predicted molar refractivity (Wildman–Crippen MR) is 83.2 cm³/mol. The molecule has 110 valence electrons. The normalized spacial score (nSPS) is 9.18. The molecule has 0 aliphatic heterocycles. The van der Waals surface area contributed by atoms with Gasteiger partial charge in [-0.3, -0.25) is 0 Å². The lowest BCUT2D eigenvalue weighted by atomic mass is 10.1. The van der Waals surface area contributed by atoms with Crippen molar-refractivity contribution in [1.82, 2.24) is 0 Å². The van der Waals surface area contributed by atoms with Crippen molar-refractivity contribution in [3.8, 4) is 35.2 Å². The maximum Gasteiger partial charge on any atom is 0.152 e. The van der Waals surface area contributed by atoms with Crippen LogP contribution in [0, 0.1) is 23.2 Å². The fourth-order valence-corrected chi connectivity index (χ4v) is 1.93. The van der Waals surface area contributed by atoms with Gasteiger partial charge < -0.3 is 14.2 Å². The van der Waals surface area contributed by atoms with Gasteiger partial charge in [-0.2, -0.15) is 5.26 Å². The van der Waals surface area contributed by atoms with Crippen LogP contribution in [0.2, 0.25) is 0 Å². The second-order valence-corrected chi connectivity index (χ2v) is 4.35. The molecular weight excluding hydrogens is 278 g/mol. The van der Waals surface area contributed by atoms with Crippen molar-refractivity contribution in [2.45, 2.75) is 0 Å². The van der Waals surface area contributed by atoms with Crippen molar-refractivity contribution in [3.05, 3.63) is 53.1 Å². The van der Waals surface area contributed by atoms with E-state index < -0.39 is 0 Å². The third-order valence-electron chi connectivity index (χ3n) is 3.05. The van der Waals surface area contributed by atoms with Crippen LogP contribution in [0.5, 0.6) is 17.2 Å². The van der Waals surface area contributed by atoms with Crippen molar-refractivity contribution in [2.24, 2.45) is 0 Å². The summed E-state index contributed by atoms with van der Waals surface area (Å²) < 4.78 is 15.6. The Bertz CT molecular complexity index is 762. The average molecular weight is 293 g/mol. The van der Waals surface area contributed by atoms with Crippen molar-refractivity contribution in [1.29, 1.82) is 5.26 Å². The first-order valence-corrected chi connectivity index (χ1v) is 6.54. The van der Waals surface area contributed by atoms with Gasteiger partial charge in [0.1, 0.15) is 17.6 Å². The second kappa shape index (κ2) is 7.06. The van der Waals surface area contributed by atoms with E-state index in [0.29, 0.717) is 22.6 Å². The summed E-state index contributed by atoms with van der Waals surface area (Å²) in [7, 11) is 4.68. The lowest BCUT2D eigenvalue weighted by molar-refractivity contribution is 0.401. The molecule has 0 aliphatic carbocycles. The zero-order valence-electron chi connectivity index (χ0n) is 12.6. The van der Waals surface area contributed by atoms with Gasteiger partial charge in [0.05, 0.1) is 32.5 Å². The molecule has 0 fully saturated rings. The molecule has 4 nitrogen and oxygen atoms in total. The maximum absolute atomic E-state index is 9.19. The van der Waals surface area contributed by atoms with Gasteiger partial charge in [0, 0.05) is 11.6 Å². The zero-order chi connectivity index (χ0) is 15.9. The van der Waals surface area contributed by atoms with E-state index in [4.69, 9.17) is 14.2 Å². The highest BCUT2D eigenvalue weighted by Gasteiger charge is 2.10. The summed E-state index contributed by atoms with van der Waals surface area (Å²) >= 11 is 0. The quantitative estimate of drug-likeness (QED) is 0.816. The van der Waals surface area contributed by atoms with Crippen molar-refractivity contribution in [3.63, 3.8) is 0 Å². The van der Waals surface area contributed by atoms with E-state index in [1.165, 1.54) is 7.11 Å². The van der Waals surface area contributed by atoms with Gasteiger partial charge in [-0.15, -0.1) is 0 Å². The monoisotopic (exact) mass is 293 g/mol. The molecule has 0 spiro atoms. The summed E-state index contributed by atoms with van der Waals surface area (Å²) in [5.74, 6) is 7.85. The molecule has 0 saturated carbocycles. The Hall–Kier alpha value is -3.11. The van der Waals surface area contributed by atoms with Gasteiger partial charge in [-0.1, -0.05) is 11.8 Å². The molecule has 0 N–H and O–H groups in total. The predicted octanol–water partition coefficient (Wildman–Crippen LogP) is 2.98. The van der Waals surface area contributed by atoms with E-state index in [9.17, 15) is 5.26 Å². The minimum absolute atomic E-state index is 0.390. The van der Waals surface area contributed by atoms with E-state index in [-0.39, 0.29) is 0 Å². The second-order valence-electron chi connectivity index (χ2n) is 4.35. The number of hydrogen-bond acceptors (Lipinski definition) is 4. The van der Waals surface area contributed by atoms with E-state index in [1.807, 2.05) is 24.3 Å². The van der Waals surface area contributed by atoms with Crippen LogP contribution in [-0.2, 0) is 0 Å². The van der Waals surface area contributed by atoms with Crippen LogP contribution in [0.15, 0.2) is 36.4 Å². The Morgan fingerprint density at radius 2 is 1.41 bits per heavy atom. The summed E-state index contributed by atoms with van der Waals surface area (Å²) in [6, 6.07) is 12.9. The summed E-state index contributed by atoms with van der Waals surface area (Å²) in [6.45, 7) is 0. The Labute approximate surface area is 129 Å².